The van der Waals surface area contributed by atoms with Crippen molar-refractivity contribution in [3.05, 3.63) is 65.7 Å². The van der Waals surface area contributed by atoms with Crippen molar-refractivity contribution in [1.82, 2.24) is 4.90 Å². The standard InChI is InChI=1S/C21H26N2O2/c1-16(21(24)23-12-11-18(14-22)15-23)25-20-10-6-5-9-19(20)13-17-7-3-2-4-8-17/h2-10,16,18H,11-15,22H2,1H3/t16-,18+/m1/s1. The topological polar surface area (TPSA) is 55.6 Å². The number of benzene rings is 2. The predicted molar refractivity (Wildman–Crippen MR) is 99.5 cm³/mol. The maximum absolute atomic E-state index is 12.6. The molecule has 2 atom stereocenters. The summed E-state index contributed by atoms with van der Waals surface area (Å²) in [6.07, 6.45) is 1.28. The van der Waals surface area contributed by atoms with Crippen LogP contribution in [0.1, 0.15) is 24.5 Å². The van der Waals surface area contributed by atoms with Crippen molar-refractivity contribution in [3.63, 3.8) is 0 Å². The van der Waals surface area contributed by atoms with Crippen molar-refractivity contribution in [1.29, 1.82) is 0 Å². The molecular formula is C21H26N2O2. The second-order valence-corrected chi connectivity index (χ2v) is 6.70. The van der Waals surface area contributed by atoms with Gasteiger partial charge in [-0.05, 0) is 43.0 Å². The van der Waals surface area contributed by atoms with Crippen molar-refractivity contribution in [2.75, 3.05) is 19.6 Å². The number of ether oxygens (including phenoxy) is 1. The molecule has 0 aliphatic carbocycles. The zero-order chi connectivity index (χ0) is 17.6. The zero-order valence-corrected chi connectivity index (χ0v) is 14.7. The molecule has 0 radical (unpaired) electrons. The highest BCUT2D eigenvalue weighted by molar-refractivity contribution is 5.81. The number of carbonyl (C=O) groups excluding carboxylic acids is 1. The fourth-order valence-electron chi connectivity index (χ4n) is 3.30. The van der Waals surface area contributed by atoms with Crippen LogP contribution in [0.4, 0.5) is 0 Å². The highest BCUT2D eigenvalue weighted by Gasteiger charge is 2.29. The Kier molecular flexibility index (Phi) is 5.71. The molecule has 4 nitrogen and oxygen atoms in total. The van der Waals surface area contributed by atoms with E-state index in [1.807, 2.05) is 48.2 Å². The van der Waals surface area contributed by atoms with Crippen LogP contribution in [0.3, 0.4) is 0 Å². The maximum Gasteiger partial charge on any atom is 0.263 e. The number of nitrogens with zero attached hydrogens (tertiary/aromatic N) is 1. The number of carbonyl (C=O) groups is 1. The molecule has 25 heavy (non-hydrogen) atoms. The van der Waals surface area contributed by atoms with Gasteiger partial charge >= 0.3 is 0 Å². The third-order valence-electron chi connectivity index (χ3n) is 4.79. The van der Waals surface area contributed by atoms with E-state index in [-0.39, 0.29) is 5.91 Å². The summed E-state index contributed by atoms with van der Waals surface area (Å²) >= 11 is 0. The molecule has 3 rings (SSSR count). The first-order valence-corrected chi connectivity index (χ1v) is 8.94. The van der Waals surface area contributed by atoms with Crippen LogP contribution >= 0.6 is 0 Å². The van der Waals surface area contributed by atoms with Gasteiger partial charge in [0.15, 0.2) is 6.10 Å². The lowest BCUT2D eigenvalue weighted by molar-refractivity contribution is -0.137. The van der Waals surface area contributed by atoms with Gasteiger partial charge in [-0.3, -0.25) is 4.79 Å². The van der Waals surface area contributed by atoms with E-state index >= 15 is 0 Å². The normalized spacial score (nSPS) is 18.2. The second kappa shape index (κ2) is 8.17. The number of hydrogen-bond acceptors (Lipinski definition) is 3. The van der Waals surface area contributed by atoms with Crippen LogP contribution in [0.25, 0.3) is 0 Å². The van der Waals surface area contributed by atoms with Gasteiger partial charge < -0.3 is 15.4 Å². The summed E-state index contributed by atoms with van der Waals surface area (Å²) in [4.78, 5) is 14.5. The number of amides is 1. The summed E-state index contributed by atoms with van der Waals surface area (Å²) in [5, 5.41) is 0. The molecule has 0 aromatic heterocycles. The molecule has 1 fully saturated rings. The Hall–Kier alpha value is -2.33. The maximum atomic E-state index is 12.6. The summed E-state index contributed by atoms with van der Waals surface area (Å²) in [7, 11) is 0. The van der Waals surface area contributed by atoms with Gasteiger partial charge in [0, 0.05) is 19.5 Å². The van der Waals surface area contributed by atoms with E-state index in [2.05, 4.69) is 18.2 Å². The molecule has 0 unspecified atom stereocenters. The van der Waals surface area contributed by atoms with Gasteiger partial charge in [-0.25, -0.2) is 0 Å². The van der Waals surface area contributed by atoms with Gasteiger partial charge in [-0.2, -0.15) is 0 Å². The molecule has 2 N–H and O–H groups in total. The molecule has 1 aliphatic rings. The minimum Gasteiger partial charge on any atom is -0.481 e. The lowest BCUT2D eigenvalue weighted by Crippen LogP contribution is -2.39. The van der Waals surface area contributed by atoms with E-state index in [4.69, 9.17) is 10.5 Å². The Balaban J connectivity index is 1.67. The predicted octanol–water partition coefficient (Wildman–Crippen LogP) is 2.85. The third kappa shape index (κ3) is 4.40. The minimum atomic E-state index is -0.492. The molecule has 132 valence electrons. The van der Waals surface area contributed by atoms with E-state index in [1.165, 1.54) is 5.56 Å². The largest absolute Gasteiger partial charge is 0.481 e. The molecule has 1 saturated heterocycles. The van der Waals surface area contributed by atoms with E-state index in [0.717, 1.165) is 37.2 Å². The van der Waals surface area contributed by atoms with Gasteiger partial charge in [0.1, 0.15) is 5.75 Å². The minimum absolute atomic E-state index is 0.0467. The SMILES string of the molecule is C[C@@H](Oc1ccccc1Cc1ccccc1)C(=O)N1CC[C@@H](CN)C1. The quantitative estimate of drug-likeness (QED) is 0.881. The van der Waals surface area contributed by atoms with Crippen LogP contribution < -0.4 is 10.5 Å². The molecule has 0 bridgehead atoms. The lowest BCUT2D eigenvalue weighted by atomic mass is 10.0. The van der Waals surface area contributed by atoms with Crippen molar-refractivity contribution < 1.29 is 9.53 Å². The molecule has 0 spiro atoms. The third-order valence-corrected chi connectivity index (χ3v) is 4.79. The first-order chi connectivity index (χ1) is 12.2. The van der Waals surface area contributed by atoms with E-state index in [9.17, 15) is 4.79 Å². The number of rotatable bonds is 6. The Morgan fingerprint density at radius 3 is 2.64 bits per heavy atom. The average molecular weight is 338 g/mol. The Morgan fingerprint density at radius 1 is 1.20 bits per heavy atom. The molecule has 4 heteroatoms. The molecule has 2 aromatic rings. The summed E-state index contributed by atoms with van der Waals surface area (Å²) in [6, 6.07) is 18.2. The molecule has 1 aliphatic heterocycles. The van der Waals surface area contributed by atoms with E-state index in [0.29, 0.717) is 12.5 Å². The Bertz CT molecular complexity index is 702. The Morgan fingerprint density at radius 2 is 1.92 bits per heavy atom. The molecule has 1 amide bonds. The van der Waals surface area contributed by atoms with Gasteiger partial charge in [-0.1, -0.05) is 48.5 Å². The molecule has 0 saturated carbocycles. The van der Waals surface area contributed by atoms with Gasteiger partial charge in [-0.15, -0.1) is 0 Å². The zero-order valence-electron chi connectivity index (χ0n) is 14.7. The van der Waals surface area contributed by atoms with Gasteiger partial charge in [0.25, 0.3) is 5.91 Å². The summed E-state index contributed by atoms with van der Waals surface area (Å²) < 4.78 is 6.04. The van der Waals surface area contributed by atoms with Crippen molar-refractivity contribution in [2.24, 2.45) is 11.7 Å². The number of para-hydroxylation sites is 1. The van der Waals surface area contributed by atoms with E-state index in [1.54, 1.807) is 0 Å². The van der Waals surface area contributed by atoms with E-state index < -0.39 is 6.10 Å². The lowest BCUT2D eigenvalue weighted by Gasteiger charge is -2.23. The summed E-state index contributed by atoms with van der Waals surface area (Å²) in [6.45, 7) is 3.99. The smallest absolute Gasteiger partial charge is 0.263 e. The molecule has 2 aromatic carbocycles. The number of likely N-dealkylation sites (tertiary alicyclic amines) is 1. The Labute approximate surface area is 149 Å². The van der Waals surface area contributed by atoms with Crippen LogP contribution in [-0.2, 0) is 11.2 Å². The van der Waals surface area contributed by atoms with Crippen LogP contribution in [0, 0.1) is 5.92 Å². The van der Waals surface area contributed by atoms with Crippen molar-refractivity contribution in [3.8, 4) is 5.75 Å². The second-order valence-electron chi connectivity index (χ2n) is 6.70. The monoisotopic (exact) mass is 338 g/mol. The van der Waals surface area contributed by atoms with Crippen LogP contribution in [0.5, 0.6) is 5.75 Å². The summed E-state index contributed by atoms with van der Waals surface area (Å²) in [5.74, 6) is 1.24. The van der Waals surface area contributed by atoms with Crippen molar-refractivity contribution >= 4 is 5.91 Å². The number of hydrogen-bond donors (Lipinski definition) is 1. The average Bonchev–Trinajstić information content (AvgIpc) is 3.12. The fourth-order valence-corrected chi connectivity index (χ4v) is 3.30. The molecular weight excluding hydrogens is 312 g/mol. The highest BCUT2D eigenvalue weighted by Crippen LogP contribution is 2.24. The fraction of sp³-hybridized carbons (Fsp3) is 0.381. The van der Waals surface area contributed by atoms with Crippen LogP contribution in [0.15, 0.2) is 54.6 Å². The van der Waals surface area contributed by atoms with Gasteiger partial charge in [0.2, 0.25) is 0 Å². The molecule has 1 heterocycles. The number of nitrogens with two attached hydrogens (primary N) is 1. The first kappa shape index (κ1) is 17.5. The highest BCUT2D eigenvalue weighted by atomic mass is 16.5. The van der Waals surface area contributed by atoms with Gasteiger partial charge in [0.05, 0.1) is 0 Å². The summed E-state index contributed by atoms with van der Waals surface area (Å²) in [5.41, 5.74) is 8.04. The van der Waals surface area contributed by atoms with Crippen LogP contribution in [-0.4, -0.2) is 36.5 Å². The van der Waals surface area contributed by atoms with Crippen LogP contribution in [0.2, 0.25) is 0 Å². The first-order valence-electron chi connectivity index (χ1n) is 8.94. The van der Waals surface area contributed by atoms with Crippen molar-refractivity contribution in [2.45, 2.75) is 25.9 Å².